The van der Waals surface area contributed by atoms with Gasteiger partial charge in [-0.15, -0.1) is 0 Å². The predicted molar refractivity (Wildman–Crippen MR) is 75.8 cm³/mol. The van der Waals surface area contributed by atoms with Gasteiger partial charge in [0.05, 0.1) is 5.41 Å². The highest BCUT2D eigenvalue weighted by atomic mass is 16.2. The van der Waals surface area contributed by atoms with Crippen LogP contribution in [0.2, 0.25) is 0 Å². The number of rotatable bonds is 0. The molecule has 3 rings (SSSR count). The van der Waals surface area contributed by atoms with Crippen LogP contribution >= 0.6 is 0 Å². The zero-order valence-electron chi connectivity index (χ0n) is 11.9. The highest BCUT2D eigenvalue weighted by molar-refractivity contribution is 5.97. The first-order valence-electron chi connectivity index (χ1n) is 6.69. The number of likely N-dealkylation sites (tertiary alicyclic amines) is 1. The van der Waals surface area contributed by atoms with E-state index in [-0.39, 0.29) is 16.9 Å². The lowest BCUT2D eigenvalue weighted by molar-refractivity contribution is -0.135. The van der Waals surface area contributed by atoms with Gasteiger partial charge in [0.15, 0.2) is 5.66 Å². The highest BCUT2D eigenvalue weighted by Gasteiger charge is 2.65. The van der Waals surface area contributed by atoms with E-state index in [4.69, 9.17) is 5.73 Å². The molecule has 0 bridgehead atoms. The van der Waals surface area contributed by atoms with E-state index in [0.29, 0.717) is 6.54 Å². The lowest BCUT2D eigenvalue weighted by Gasteiger charge is -2.33. The van der Waals surface area contributed by atoms with Crippen LogP contribution in [0.4, 0.5) is 5.69 Å². The molecule has 4 heteroatoms. The van der Waals surface area contributed by atoms with Crippen molar-refractivity contribution in [3.8, 4) is 0 Å². The smallest absolute Gasteiger partial charge is 0.264 e. The Hall–Kier alpha value is -1.55. The number of nitrogens with two attached hydrogens (primary N) is 1. The summed E-state index contributed by atoms with van der Waals surface area (Å²) in [5.74, 6) is -0.0151. The van der Waals surface area contributed by atoms with Crippen molar-refractivity contribution in [3.05, 3.63) is 29.8 Å². The van der Waals surface area contributed by atoms with Gasteiger partial charge < -0.3 is 16.0 Å². The van der Waals surface area contributed by atoms with Gasteiger partial charge in [-0.2, -0.15) is 0 Å². The third-order valence-corrected chi connectivity index (χ3v) is 4.59. The SMILES string of the molecule is CC(C)(C)N1C[C@@]2(C)c3ccccc3N[C@]2(N)C1=O. The number of nitrogens with zero attached hydrogens (tertiary/aromatic N) is 1. The molecule has 1 saturated heterocycles. The number of hydrogen-bond acceptors (Lipinski definition) is 3. The van der Waals surface area contributed by atoms with Gasteiger partial charge in [-0.05, 0) is 39.3 Å². The van der Waals surface area contributed by atoms with Crippen LogP contribution < -0.4 is 11.1 Å². The number of para-hydroxylation sites is 1. The summed E-state index contributed by atoms with van der Waals surface area (Å²) in [4.78, 5) is 14.7. The van der Waals surface area contributed by atoms with E-state index in [1.165, 1.54) is 0 Å². The van der Waals surface area contributed by atoms with Crippen LogP contribution in [0.5, 0.6) is 0 Å². The second kappa shape index (κ2) is 3.31. The summed E-state index contributed by atoms with van der Waals surface area (Å²) in [5, 5.41) is 3.25. The monoisotopic (exact) mass is 259 g/mol. The third-order valence-electron chi connectivity index (χ3n) is 4.59. The van der Waals surface area contributed by atoms with E-state index < -0.39 is 5.66 Å². The number of fused-ring (bicyclic) bond motifs is 3. The van der Waals surface area contributed by atoms with E-state index in [1.807, 2.05) is 43.9 Å². The third kappa shape index (κ3) is 1.35. The molecule has 102 valence electrons. The van der Waals surface area contributed by atoms with Gasteiger partial charge in [0.2, 0.25) is 0 Å². The molecule has 0 spiro atoms. The molecule has 0 unspecified atom stereocenters. The van der Waals surface area contributed by atoms with Gasteiger partial charge in [0.1, 0.15) is 0 Å². The molecular formula is C15H21N3O. The van der Waals surface area contributed by atoms with Crippen LogP contribution in [-0.2, 0) is 10.2 Å². The van der Waals surface area contributed by atoms with Crippen molar-refractivity contribution >= 4 is 11.6 Å². The molecule has 1 fully saturated rings. The Bertz CT molecular complexity index is 563. The Kier molecular flexibility index (Phi) is 2.17. The maximum absolute atomic E-state index is 12.8. The van der Waals surface area contributed by atoms with Crippen molar-refractivity contribution < 1.29 is 4.79 Å². The summed E-state index contributed by atoms with van der Waals surface area (Å²) in [6.07, 6.45) is 0. The van der Waals surface area contributed by atoms with Crippen LogP contribution in [0.15, 0.2) is 24.3 Å². The summed E-state index contributed by atoms with van der Waals surface area (Å²) in [5.41, 5.74) is 6.98. The quantitative estimate of drug-likeness (QED) is 0.745. The number of carbonyl (C=O) groups excluding carboxylic acids is 1. The first-order chi connectivity index (χ1) is 8.70. The van der Waals surface area contributed by atoms with Crippen molar-refractivity contribution in [2.24, 2.45) is 5.73 Å². The predicted octanol–water partition coefficient (Wildman–Crippen LogP) is 1.67. The van der Waals surface area contributed by atoms with Crippen molar-refractivity contribution in [2.75, 3.05) is 11.9 Å². The van der Waals surface area contributed by atoms with Crippen LogP contribution in [0.1, 0.15) is 33.3 Å². The van der Waals surface area contributed by atoms with Gasteiger partial charge >= 0.3 is 0 Å². The van der Waals surface area contributed by atoms with E-state index in [0.717, 1.165) is 11.3 Å². The molecule has 0 aromatic heterocycles. The zero-order valence-corrected chi connectivity index (χ0v) is 11.9. The lowest BCUT2D eigenvalue weighted by atomic mass is 9.77. The molecule has 1 aromatic rings. The molecule has 0 aliphatic carbocycles. The Morgan fingerprint density at radius 3 is 2.58 bits per heavy atom. The molecule has 0 radical (unpaired) electrons. The molecule has 0 saturated carbocycles. The van der Waals surface area contributed by atoms with Crippen LogP contribution in [0.25, 0.3) is 0 Å². The first-order valence-corrected chi connectivity index (χ1v) is 6.69. The molecule has 2 aliphatic rings. The van der Waals surface area contributed by atoms with Crippen LogP contribution in [0, 0.1) is 0 Å². The zero-order chi connectivity index (χ0) is 14.1. The molecule has 3 N–H and O–H groups in total. The number of hydrogen-bond donors (Lipinski definition) is 2. The lowest BCUT2D eigenvalue weighted by Crippen LogP contribution is -2.61. The highest BCUT2D eigenvalue weighted by Crippen LogP contribution is 2.51. The summed E-state index contributed by atoms with van der Waals surface area (Å²) < 4.78 is 0. The topological polar surface area (TPSA) is 58.4 Å². The molecule has 4 nitrogen and oxygen atoms in total. The maximum Gasteiger partial charge on any atom is 0.264 e. The molecule has 1 amide bonds. The molecule has 2 atom stereocenters. The average molecular weight is 259 g/mol. The number of anilines is 1. The van der Waals surface area contributed by atoms with Gasteiger partial charge in [0.25, 0.3) is 5.91 Å². The van der Waals surface area contributed by atoms with Crippen molar-refractivity contribution in [2.45, 2.75) is 44.3 Å². The molecule has 2 heterocycles. The van der Waals surface area contributed by atoms with Crippen molar-refractivity contribution in [1.29, 1.82) is 0 Å². The minimum absolute atomic E-state index is 0.0151. The standard InChI is InChI=1S/C15H21N3O/c1-13(2,3)18-9-14(4)10-7-5-6-8-11(10)17-15(14,16)12(18)19/h5-8,17H,9,16H2,1-4H3/t14-,15+/m0/s1. The normalized spacial score (nSPS) is 33.1. The molecular weight excluding hydrogens is 238 g/mol. The van der Waals surface area contributed by atoms with Crippen LogP contribution in [0.3, 0.4) is 0 Å². The largest absolute Gasteiger partial charge is 0.359 e. The summed E-state index contributed by atoms with van der Waals surface area (Å²) in [6.45, 7) is 8.87. The van der Waals surface area contributed by atoms with Gasteiger partial charge in [-0.1, -0.05) is 18.2 Å². The number of carbonyl (C=O) groups is 1. The summed E-state index contributed by atoms with van der Waals surface area (Å²) in [7, 11) is 0. The average Bonchev–Trinajstić information content (AvgIpc) is 2.66. The Balaban J connectivity index is 2.15. The van der Waals surface area contributed by atoms with E-state index in [9.17, 15) is 4.79 Å². The summed E-state index contributed by atoms with van der Waals surface area (Å²) in [6, 6.07) is 8.02. The Morgan fingerprint density at radius 2 is 1.95 bits per heavy atom. The Morgan fingerprint density at radius 1 is 1.32 bits per heavy atom. The molecule has 19 heavy (non-hydrogen) atoms. The van der Waals surface area contributed by atoms with Crippen molar-refractivity contribution in [3.63, 3.8) is 0 Å². The second-order valence-corrected chi connectivity index (χ2v) is 6.87. The minimum atomic E-state index is -1.02. The van der Waals surface area contributed by atoms with E-state index >= 15 is 0 Å². The number of amides is 1. The van der Waals surface area contributed by atoms with Crippen molar-refractivity contribution in [1.82, 2.24) is 4.90 Å². The number of nitrogens with one attached hydrogen (secondary N) is 1. The molecule has 1 aromatic carbocycles. The number of benzene rings is 1. The van der Waals surface area contributed by atoms with Gasteiger partial charge in [-0.3, -0.25) is 4.79 Å². The second-order valence-electron chi connectivity index (χ2n) is 6.87. The summed E-state index contributed by atoms with van der Waals surface area (Å²) >= 11 is 0. The maximum atomic E-state index is 12.8. The van der Waals surface area contributed by atoms with E-state index in [2.05, 4.69) is 18.3 Å². The van der Waals surface area contributed by atoms with Gasteiger partial charge in [-0.25, -0.2) is 0 Å². The minimum Gasteiger partial charge on any atom is -0.359 e. The fraction of sp³-hybridized carbons (Fsp3) is 0.533. The first kappa shape index (κ1) is 12.5. The fourth-order valence-electron chi connectivity index (χ4n) is 3.28. The van der Waals surface area contributed by atoms with E-state index in [1.54, 1.807) is 0 Å². The van der Waals surface area contributed by atoms with Crippen LogP contribution in [-0.4, -0.2) is 28.6 Å². The molecule has 2 aliphatic heterocycles. The van der Waals surface area contributed by atoms with Gasteiger partial charge in [0, 0.05) is 17.8 Å². The Labute approximate surface area is 114 Å². The fourth-order valence-corrected chi connectivity index (χ4v) is 3.28.